The summed E-state index contributed by atoms with van der Waals surface area (Å²) in [5, 5.41) is 3.33. The molecule has 0 atom stereocenters. The Morgan fingerprint density at radius 1 is 1.47 bits per heavy atom. The molecule has 0 aliphatic carbocycles. The maximum absolute atomic E-state index is 11.0. The van der Waals surface area contributed by atoms with E-state index in [-0.39, 0.29) is 12.5 Å². The number of methoxy groups -OCH3 is 1. The molecule has 4 nitrogen and oxygen atoms in total. The first-order valence-corrected chi connectivity index (χ1v) is 5.66. The second kappa shape index (κ2) is 7.14. The number of aryl methyl sites for hydroxylation is 1. The molecule has 0 aliphatic rings. The summed E-state index contributed by atoms with van der Waals surface area (Å²) in [5.74, 6) is 0.541. The van der Waals surface area contributed by atoms with Crippen LogP contribution in [0.5, 0.6) is 5.75 Å². The van der Waals surface area contributed by atoms with Crippen LogP contribution in [0.4, 0.5) is 0 Å². The van der Waals surface area contributed by atoms with Gasteiger partial charge < -0.3 is 14.8 Å². The summed E-state index contributed by atoms with van der Waals surface area (Å²) in [7, 11) is 1.48. The van der Waals surface area contributed by atoms with Gasteiger partial charge >= 0.3 is 0 Å². The van der Waals surface area contributed by atoms with Crippen LogP contribution in [-0.2, 0) is 9.53 Å². The molecule has 17 heavy (non-hydrogen) atoms. The highest BCUT2D eigenvalue weighted by Gasteiger charge is 2.00. The van der Waals surface area contributed by atoms with Gasteiger partial charge in [-0.15, -0.1) is 0 Å². The van der Waals surface area contributed by atoms with Gasteiger partial charge in [-0.3, -0.25) is 4.79 Å². The summed E-state index contributed by atoms with van der Waals surface area (Å²) in [6.45, 7) is 2.83. The third kappa shape index (κ3) is 5.06. The van der Waals surface area contributed by atoms with Gasteiger partial charge in [0.15, 0.2) is 0 Å². The summed E-state index contributed by atoms with van der Waals surface area (Å²) in [6, 6.07) is 5.49. The van der Waals surface area contributed by atoms with Crippen molar-refractivity contribution >= 4 is 17.5 Å². The van der Waals surface area contributed by atoms with E-state index >= 15 is 0 Å². The Morgan fingerprint density at radius 2 is 2.24 bits per heavy atom. The van der Waals surface area contributed by atoms with Crippen molar-refractivity contribution in [1.82, 2.24) is 5.32 Å². The number of hydrogen-bond acceptors (Lipinski definition) is 3. The largest absolute Gasteiger partial charge is 0.492 e. The van der Waals surface area contributed by atoms with Crippen LogP contribution in [0.3, 0.4) is 0 Å². The lowest BCUT2D eigenvalue weighted by molar-refractivity contribution is -0.124. The van der Waals surface area contributed by atoms with E-state index in [9.17, 15) is 4.79 Å². The molecule has 1 aromatic carbocycles. The van der Waals surface area contributed by atoms with Gasteiger partial charge in [0.2, 0.25) is 5.91 Å². The van der Waals surface area contributed by atoms with E-state index in [1.807, 2.05) is 19.1 Å². The molecule has 0 bridgehead atoms. The van der Waals surface area contributed by atoms with E-state index in [4.69, 9.17) is 16.3 Å². The van der Waals surface area contributed by atoms with E-state index in [0.29, 0.717) is 23.9 Å². The number of amides is 1. The second-order valence-electron chi connectivity index (χ2n) is 3.54. The van der Waals surface area contributed by atoms with Crippen LogP contribution in [-0.4, -0.2) is 32.8 Å². The van der Waals surface area contributed by atoms with Crippen molar-refractivity contribution in [2.45, 2.75) is 6.92 Å². The fraction of sp³-hybridized carbons (Fsp3) is 0.417. The van der Waals surface area contributed by atoms with Crippen LogP contribution < -0.4 is 10.1 Å². The molecule has 1 rings (SSSR count). The highest BCUT2D eigenvalue weighted by Crippen LogP contribution is 2.21. The van der Waals surface area contributed by atoms with E-state index in [0.717, 1.165) is 5.56 Å². The van der Waals surface area contributed by atoms with Gasteiger partial charge in [0.1, 0.15) is 19.0 Å². The lowest BCUT2D eigenvalue weighted by Gasteiger charge is -2.08. The van der Waals surface area contributed by atoms with E-state index in [1.165, 1.54) is 7.11 Å². The smallest absolute Gasteiger partial charge is 0.246 e. The third-order valence-corrected chi connectivity index (χ3v) is 2.52. The molecule has 1 N–H and O–H groups in total. The van der Waals surface area contributed by atoms with Gasteiger partial charge in [-0.25, -0.2) is 0 Å². The Morgan fingerprint density at radius 3 is 2.88 bits per heavy atom. The van der Waals surface area contributed by atoms with Crippen LogP contribution in [0.1, 0.15) is 5.56 Å². The zero-order valence-electron chi connectivity index (χ0n) is 9.96. The molecule has 0 aliphatic heterocycles. The Hall–Kier alpha value is -1.26. The predicted molar refractivity (Wildman–Crippen MR) is 66.6 cm³/mol. The molecule has 1 amide bonds. The van der Waals surface area contributed by atoms with E-state index < -0.39 is 0 Å². The predicted octanol–water partition coefficient (Wildman–Crippen LogP) is 1.79. The quantitative estimate of drug-likeness (QED) is 0.791. The first-order chi connectivity index (χ1) is 8.13. The molecular weight excluding hydrogens is 242 g/mol. The maximum atomic E-state index is 11.0. The average molecular weight is 258 g/mol. The monoisotopic (exact) mass is 257 g/mol. The highest BCUT2D eigenvalue weighted by atomic mass is 35.5. The van der Waals surface area contributed by atoms with Crippen molar-refractivity contribution in [3.05, 3.63) is 28.8 Å². The van der Waals surface area contributed by atoms with Gasteiger partial charge in [-0.2, -0.15) is 0 Å². The van der Waals surface area contributed by atoms with Gasteiger partial charge in [0.25, 0.3) is 0 Å². The molecule has 0 fully saturated rings. The van der Waals surface area contributed by atoms with Crippen LogP contribution in [0.2, 0.25) is 5.02 Å². The van der Waals surface area contributed by atoms with Crippen LogP contribution in [0.15, 0.2) is 18.2 Å². The fourth-order valence-electron chi connectivity index (χ4n) is 1.20. The fourth-order valence-corrected chi connectivity index (χ4v) is 1.38. The van der Waals surface area contributed by atoms with Gasteiger partial charge in [-0.05, 0) is 24.6 Å². The minimum absolute atomic E-state index is 0.0658. The summed E-state index contributed by atoms with van der Waals surface area (Å²) in [6.07, 6.45) is 0. The minimum Gasteiger partial charge on any atom is -0.492 e. The summed E-state index contributed by atoms with van der Waals surface area (Å²) >= 11 is 5.95. The summed E-state index contributed by atoms with van der Waals surface area (Å²) in [5.41, 5.74) is 1.01. The lowest BCUT2D eigenvalue weighted by Crippen LogP contribution is -2.30. The van der Waals surface area contributed by atoms with Crippen molar-refractivity contribution in [3.63, 3.8) is 0 Å². The van der Waals surface area contributed by atoms with Gasteiger partial charge in [-0.1, -0.05) is 17.7 Å². The number of rotatable bonds is 6. The molecule has 94 valence electrons. The first-order valence-electron chi connectivity index (χ1n) is 5.28. The van der Waals surface area contributed by atoms with E-state index in [2.05, 4.69) is 10.1 Å². The Kier molecular flexibility index (Phi) is 5.80. The Bertz CT molecular complexity index is 382. The normalized spacial score (nSPS) is 10.1. The first kappa shape index (κ1) is 13.8. The topological polar surface area (TPSA) is 47.6 Å². The molecule has 0 saturated carbocycles. The Labute approximate surface area is 106 Å². The third-order valence-electron chi connectivity index (χ3n) is 2.11. The molecule has 0 aromatic heterocycles. The number of ether oxygens (including phenoxy) is 2. The number of carbonyl (C=O) groups excluding carboxylic acids is 1. The van der Waals surface area contributed by atoms with Crippen molar-refractivity contribution < 1.29 is 14.3 Å². The second-order valence-corrected chi connectivity index (χ2v) is 3.95. The molecule has 1 aromatic rings. The van der Waals surface area contributed by atoms with Gasteiger partial charge in [0.05, 0.1) is 6.54 Å². The molecule has 0 heterocycles. The molecular formula is C12H16ClNO3. The van der Waals surface area contributed by atoms with Crippen LogP contribution >= 0.6 is 11.6 Å². The lowest BCUT2D eigenvalue weighted by atomic mass is 10.2. The molecule has 0 unspecified atom stereocenters. The molecule has 0 saturated heterocycles. The highest BCUT2D eigenvalue weighted by molar-refractivity contribution is 6.31. The SMILES string of the molecule is COCC(=O)NCCOc1ccc(C)c(Cl)c1. The number of hydrogen-bond donors (Lipinski definition) is 1. The molecule has 5 heteroatoms. The van der Waals surface area contributed by atoms with Crippen LogP contribution in [0, 0.1) is 6.92 Å². The van der Waals surface area contributed by atoms with Crippen molar-refractivity contribution in [1.29, 1.82) is 0 Å². The summed E-state index contributed by atoms with van der Waals surface area (Å²) < 4.78 is 10.1. The Balaban J connectivity index is 2.26. The van der Waals surface area contributed by atoms with E-state index in [1.54, 1.807) is 6.07 Å². The molecule has 0 spiro atoms. The van der Waals surface area contributed by atoms with Crippen molar-refractivity contribution in [2.24, 2.45) is 0 Å². The minimum atomic E-state index is -0.155. The number of nitrogens with one attached hydrogen (secondary N) is 1. The molecule has 0 radical (unpaired) electrons. The zero-order chi connectivity index (χ0) is 12.7. The van der Waals surface area contributed by atoms with Gasteiger partial charge in [0, 0.05) is 12.1 Å². The number of benzene rings is 1. The maximum Gasteiger partial charge on any atom is 0.246 e. The standard InChI is InChI=1S/C12H16ClNO3/c1-9-3-4-10(7-11(9)13)17-6-5-14-12(15)8-16-2/h3-4,7H,5-6,8H2,1-2H3,(H,14,15). The number of carbonyl (C=O) groups is 1. The number of halogens is 1. The zero-order valence-corrected chi connectivity index (χ0v) is 10.7. The van der Waals surface area contributed by atoms with Crippen molar-refractivity contribution in [3.8, 4) is 5.75 Å². The van der Waals surface area contributed by atoms with Crippen LogP contribution in [0.25, 0.3) is 0 Å². The average Bonchev–Trinajstić information content (AvgIpc) is 2.29. The van der Waals surface area contributed by atoms with Crippen molar-refractivity contribution in [2.75, 3.05) is 26.9 Å². The summed E-state index contributed by atoms with van der Waals surface area (Å²) in [4.78, 5) is 11.0.